The number of aliphatic hydroxyl groups is 10. The van der Waals surface area contributed by atoms with Crippen LogP contribution in [0.15, 0.2) is 60.7 Å². The van der Waals surface area contributed by atoms with Gasteiger partial charge in [-0.15, -0.1) is 0 Å². The zero-order valence-electron chi connectivity index (χ0n) is 45.7. The highest BCUT2D eigenvalue weighted by Crippen LogP contribution is 2.36. The minimum Gasteiger partial charge on any atom is -0.507 e. The van der Waals surface area contributed by atoms with Crippen molar-refractivity contribution in [1.82, 2.24) is 0 Å². The van der Waals surface area contributed by atoms with Crippen molar-refractivity contribution in [3.05, 3.63) is 144 Å². The van der Waals surface area contributed by atoms with Crippen molar-refractivity contribution in [3.63, 3.8) is 0 Å². The monoisotopic (exact) mass is 1040 g/mol. The van der Waals surface area contributed by atoms with Gasteiger partial charge in [-0.1, -0.05) is 93.9 Å². The maximum Gasteiger partial charge on any atom is 0.126 e. The van der Waals surface area contributed by atoms with Crippen molar-refractivity contribution in [2.75, 3.05) is 0 Å². The second-order valence-corrected chi connectivity index (χ2v) is 20.9. The van der Waals surface area contributed by atoms with Crippen molar-refractivity contribution >= 4 is 0 Å². The normalized spacial score (nSPS) is 11.7. The largest absolute Gasteiger partial charge is 0.507 e. The number of hydrogen-bond acceptors (Lipinski definition) is 15. The summed E-state index contributed by atoms with van der Waals surface area (Å²) < 4.78 is 0. The van der Waals surface area contributed by atoms with Crippen LogP contribution in [0.1, 0.15) is 172 Å². The van der Waals surface area contributed by atoms with E-state index < -0.39 is 0 Å². The fourth-order valence-electron chi connectivity index (χ4n) is 8.09. The molecule has 0 amide bonds. The fourth-order valence-corrected chi connectivity index (χ4v) is 8.09. The molecule has 5 rings (SSSR count). The molecule has 1 atom stereocenters. The van der Waals surface area contributed by atoms with Crippen LogP contribution in [0, 0.1) is 18.8 Å². The van der Waals surface area contributed by atoms with Crippen molar-refractivity contribution in [2.45, 2.75) is 179 Å². The third-order valence-electron chi connectivity index (χ3n) is 12.8. The van der Waals surface area contributed by atoms with E-state index in [0.717, 1.165) is 40.7 Å². The molecule has 0 spiro atoms. The van der Waals surface area contributed by atoms with E-state index in [9.17, 15) is 35.7 Å². The molecule has 0 aromatic heterocycles. The van der Waals surface area contributed by atoms with Crippen LogP contribution >= 0.6 is 0 Å². The van der Waals surface area contributed by atoms with Gasteiger partial charge in [-0.3, -0.25) is 0 Å². The number of aliphatic hydroxyl groups excluding tert-OH is 10. The zero-order valence-corrected chi connectivity index (χ0v) is 45.7. The van der Waals surface area contributed by atoms with Crippen molar-refractivity contribution in [2.24, 2.45) is 11.8 Å². The quantitative estimate of drug-likeness (QED) is 0.0444. The molecule has 15 heteroatoms. The Labute approximate surface area is 438 Å². The molecular weight excluding hydrogens is 949 g/mol. The Kier molecular flexibility index (Phi) is 28.4. The first kappa shape index (κ1) is 66.7. The van der Waals surface area contributed by atoms with E-state index in [1.807, 2.05) is 46.8 Å². The van der Waals surface area contributed by atoms with Crippen LogP contribution in [0.25, 0.3) is 0 Å². The Morgan fingerprint density at radius 1 is 0.378 bits per heavy atom. The van der Waals surface area contributed by atoms with Gasteiger partial charge in [0.25, 0.3) is 0 Å². The lowest BCUT2D eigenvalue weighted by atomic mass is 9.77. The van der Waals surface area contributed by atoms with E-state index in [1.54, 1.807) is 48.5 Å². The Balaban J connectivity index is 0.000000466. The lowest BCUT2D eigenvalue weighted by Gasteiger charge is -2.28. The maximum absolute atomic E-state index is 9.84. The van der Waals surface area contributed by atoms with E-state index in [0.29, 0.717) is 73.4 Å². The molecule has 15 N–H and O–H groups in total. The standard InChI is InChI=1S/C15H24O3.C13H20O3.C12H18O3.C10H14O3.C9H12O3/c1-10(2)7-15(3,4)13-5-11(8-16)14(18)12(6-13)9-17;1-8(2)9(3)10-4-11(6-14)13(16)12(5-10)7-15;1-12(2,3)10-4-8(6-13)11(15)9(5-10)7-14;1-2-7-3-8(5-11)10(13)9(4-7)6-12;1-6-2-7(4-10)9(12)8(3-6)5-11/h5-6,10,16-18H,7-9H2,1-4H3;4-5,8-9,14-16H,6-7H2,1-3H3;4-5,13-15H,6-7H2,1-3H3;3-4,11-13H,2,5-6H2,1H3;2-3,10-12H,4-5H2,1H3. The van der Waals surface area contributed by atoms with E-state index in [4.69, 9.17) is 40.9 Å². The highest BCUT2D eigenvalue weighted by atomic mass is 16.3. The summed E-state index contributed by atoms with van der Waals surface area (Å²) in [5, 5.41) is 139. The molecule has 0 radical (unpaired) electrons. The molecular formula is C59H88O15. The Hall–Kier alpha value is -5.30. The maximum atomic E-state index is 9.84. The lowest BCUT2D eigenvalue weighted by Crippen LogP contribution is -2.20. The number of rotatable bonds is 16. The van der Waals surface area contributed by atoms with Crippen LogP contribution in [-0.2, 0) is 83.3 Å². The summed E-state index contributed by atoms with van der Waals surface area (Å²) in [7, 11) is 0. The molecule has 0 aliphatic heterocycles. The van der Waals surface area contributed by atoms with Crippen LogP contribution in [0.2, 0.25) is 0 Å². The van der Waals surface area contributed by atoms with Gasteiger partial charge in [-0.05, 0) is 119 Å². The van der Waals surface area contributed by atoms with Gasteiger partial charge in [0.2, 0.25) is 0 Å². The van der Waals surface area contributed by atoms with Crippen molar-refractivity contribution in [3.8, 4) is 28.7 Å². The van der Waals surface area contributed by atoms with Crippen LogP contribution in [-0.4, -0.2) is 76.6 Å². The number of hydrogen-bond donors (Lipinski definition) is 15. The molecule has 0 saturated carbocycles. The Bertz CT molecular complexity index is 2360. The molecule has 1 unspecified atom stereocenters. The van der Waals surface area contributed by atoms with Crippen molar-refractivity contribution < 1.29 is 76.6 Å². The Morgan fingerprint density at radius 3 is 0.878 bits per heavy atom. The van der Waals surface area contributed by atoms with Gasteiger partial charge in [0, 0.05) is 55.6 Å². The topological polar surface area (TPSA) is 303 Å². The minimum atomic E-state index is -0.219. The minimum absolute atomic E-state index is 0.00204. The number of aryl methyl sites for hydroxylation is 2. The average molecular weight is 1040 g/mol. The van der Waals surface area contributed by atoms with Gasteiger partial charge in [0.15, 0.2) is 0 Å². The Morgan fingerprint density at radius 2 is 0.635 bits per heavy atom. The first-order valence-electron chi connectivity index (χ1n) is 24.9. The zero-order chi connectivity index (χ0) is 56.8. The molecule has 0 aliphatic rings. The van der Waals surface area contributed by atoms with E-state index in [-0.39, 0.29) is 106 Å². The van der Waals surface area contributed by atoms with E-state index >= 15 is 0 Å². The third kappa shape index (κ3) is 19.4. The van der Waals surface area contributed by atoms with Gasteiger partial charge < -0.3 is 76.6 Å². The van der Waals surface area contributed by atoms with Gasteiger partial charge in [-0.2, -0.15) is 0 Å². The van der Waals surface area contributed by atoms with Gasteiger partial charge >= 0.3 is 0 Å². The molecule has 0 fully saturated rings. The summed E-state index contributed by atoms with van der Waals surface area (Å²) in [6, 6.07) is 17.7. The SMILES string of the molecule is CC(C)(C)c1cc(CO)c(O)c(CO)c1.CC(C)C(C)c1cc(CO)c(O)c(CO)c1.CC(C)CC(C)(C)c1cc(CO)c(O)c(CO)c1.CCc1cc(CO)c(O)c(CO)c1.Cc1cc(CO)c(O)c(CO)c1. The summed E-state index contributed by atoms with van der Waals surface area (Å²) in [6.45, 7) is 22.8. The first-order chi connectivity index (χ1) is 34.6. The molecule has 0 saturated heterocycles. The molecule has 5 aromatic rings. The van der Waals surface area contributed by atoms with Crippen LogP contribution in [0.3, 0.4) is 0 Å². The molecule has 414 valence electrons. The predicted molar refractivity (Wildman–Crippen MR) is 288 cm³/mol. The highest BCUT2D eigenvalue weighted by Gasteiger charge is 2.25. The van der Waals surface area contributed by atoms with Gasteiger partial charge in [0.05, 0.1) is 66.1 Å². The second-order valence-electron chi connectivity index (χ2n) is 20.9. The van der Waals surface area contributed by atoms with E-state index in [1.165, 1.54) is 0 Å². The first-order valence-corrected chi connectivity index (χ1v) is 24.9. The van der Waals surface area contributed by atoms with Crippen molar-refractivity contribution in [1.29, 1.82) is 0 Å². The predicted octanol–water partition coefficient (Wildman–Crippen LogP) is 8.14. The highest BCUT2D eigenvalue weighted by molar-refractivity contribution is 5.48. The summed E-state index contributed by atoms with van der Waals surface area (Å²) in [5.74, 6) is 1.36. The lowest BCUT2D eigenvalue weighted by molar-refractivity contribution is 0.262. The molecule has 74 heavy (non-hydrogen) atoms. The second kappa shape index (κ2) is 31.6. The van der Waals surface area contributed by atoms with Crippen LogP contribution in [0.4, 0.5) is 0 Å². The number of phenols is 5. The fraction of sp³-hybridized carbons (Fsp3) is 0.492. The molecule has 0 bridgehead atoms. The van der Waals surface area contributed by atoms with Gasteiger partial charge in [-0.25, -0.2) is 0 Å². The molecule has 5 aromatic carbocycles. The summed E-state index contributed by atoms with van der Waals surface area (Å²) in [4.78, 5) is 0. The number of benzene rings is 5. The van der Waals surface area contributed by atoms with Crippen LogP contribution in [0.5, 0.6) is 28.7 Å². The summed E-state index contributed by atoms with van der Waals surface area (Å²) >= 11 is 0. The molecule has 15 nitrogen and oxygen atoms in total. The number of aromatic hydroxyl groups is 5. The third-order valence-corrected chi connectivity index (χ3v) is 12.8. The molecule has 0 aliphatic carbocycles. The summed E-state index contributed by atoms with van der Waals surface area (Å²) in [6.07, 6.45) is 1.83. The van der Waals surface area contributed by atoms with E-state index in [2.05, 4.69) is 48.5 Å². The smallest absolute Gasteiger partial charge is 0.126 e. The molecule has 0 heterocycles. The van der Waals surface area contributed by atoms with Gasteiger partial charge in [0.1, 0.15) is 28.7 Å². The summed E-state index contributed by atoms with van der Waals surface area (Å²) in [5.41, 5.74) is 9.60. The average Bonchev–Trinajstić information content (AvgIpc) is 3.36. The van der Waals surface area contributed by atoms with Crippen LogP contribution < -0.4 is 0 Å².